The number of ether oxygens (including phenoxy) is 1. The lowest BCUT2D eigenvalue weighted by Crippen LogP contribution is -2.34. The van der Waals surface area contributed by atoms with E-state index in [2.05, 4.69) is 0 Å². The van der Waals surface area contributed by atoms with Crippen molar-refractivity contribution in [3.8, 4) is 5.75 Å². The second-order valence-corrected chi connectivity index (χ2v) is 8.09. The molecule has 0 aromatic heterocycles. The Morgan fingerprint density at radius 3 is 2.22 bits per heavy atom. The Morgan fingerprint density at radius 1 is 0.875 bits per heavy atom. The van der Waals surface area contributed by atoms with Crippen LogP contribution in [0.25, 0.3) is 5.57 Å². The third-order valence-electron chi connectivity index (χ3n) is 5.73. The second-order valence-electron chi connectivity index (χ2n) is 7.68. The van der Waals surface area contributed by atoms with E-state index in [9.17, 15) is 9.59 Å². The molecular formula is C26H23ClN2O3. The molecule has 162 valence electrons. The molecule has 0 spiro atoms. The molecule has 1 aliphatic rings. The van der Waals surface area contributed by atoms with E-state index >= 15 is 0 Å². The maximum Gasteiger partial charge on any atom is 0.282 e. The van der Waals surface area contributed by atoms with Crippen molar-refractivity contribution in [3.05, 3.63) is 94.1 Å². The summed E-state index contributed by atoms with van der Waals surface area (Å²) in [5.74, 6) is -0.327. The van der Waals surface area contributed by atoms with Crippen LogP contribution in [-0.2, 0) is 9.59 Å². The van der Waals surface area contributed by atoms with Crippen LogP contribution in [0.2, 0.25) is 5.02 Å². The minimum atomic E-state index is -0.407. The number of amides is 2. The van der Waals surface area contributed by atoms with Crippen molar-refractivity contribution in [3.63, 3.8) is 0 Å². The Hall–Kier alpha value is -3.57. The van der Waals surface area contributed by atoms with Crippen LogP contribution < -0.4 is 14.5 Å². The normalized spacial score (nSPS) is 13.7. The van der Waals surface area contributed by atoms with Gasteiger partial charge in [-0.05, 0) is 60.9 Å². The number of methoxy groups -OCH3 is 1. The molecule has 0 radical (unpaired) electrons. The van der Waals surface area contributed by atoms with Crippen molar-refractivity contribution < 1.29 is 14.3 Å². The van der Waals surface area contributed by atoms with Gasteiger partial charge in [-0.2, -0.15) is 0 Å². The first-order valence-corrected chi connectivity index (χ1v) is 10.5. The fraction of sp³-hybridized carbons (Fsp3) is 0.154. The van der Waals surface area contributed by atoms with E-state index in [0.29, 0.717) is 33.3 Å². The molecular weight excluding hydrogens is 424 g/mol. The molecule has 0 saturated carbocycles. The summed E-state index contributed by atoms with van der Waals surface area (Å²) < 4.78 is 5.21. The highest BCUT2D eigenvalue weighted by Gasteiger charge is 2.42. The van der Waals surface area contributed by atoms with Crippen molar-refractivity contribution in [2.45, 2.75) is 13.8 Å². The van der Waals surface area contributed by atoms with Crippen LogP contribution in [-0.4, -0.2) is 26.0 Å². The SMILES string of the molecule is COc1ccc(N2C(=O)C(c3ccc(C)c(C)c3)=C(N(C)c3ccccc3)C2=O)cc1Cl. The summed E-state index contributed by atoms with van der Waals surface area (Å²) in [6.07, 6.45) is 0. The van der Waals surface area contributed by atoms with Crippen molar-refractivity contribution in [1.82, 2.24) is 0 Å². The summed E-state index contributed by atoms with van der Waals surface area (Å²) in [5, 5.41) is 0.322. The molecule has 5 nitrogen and oxygen atoms in total. The van der Waals surface area contributed by atoms with Crippen molar-refractivity contribution in [1.29, 1.82) is 0 Å². The highest BCUT2D eigenvalue weighted by atomic mass is 35.5. The van der Waals surface area contributed by atoms with Gasteiger partial charge >= 0.3 is 0 Å². The third kappa shape index (κ3) is 3.65. The maximum atomic E-state index is 13.7. The predicted molar refractivity (Wildman–Crippen MR) is 128 cm³/mol. The summed E-state index contributed by atoms with van der Waals surface area (Å²) in [6.45, 7) is 4.00. The van der Waals surface area contributed by atoms with Crippen molar-refractivity contribution >= 4 is 40.4 Å². The summed E-state index contributed by atoms with van der Waals surface area (Å²) in [5.41, 5.74) is 4.73. The molecule has 6 heteroatoms. The Balaban J connectivity index is 1.88. The van der Waals surface area contributed by atoms with E-state index in [1.54, 1.807) is 30.1 Å². The van der Waals surface area contributed by atoms with Gasteiger partial charge in [-0.1, -0.05) is 48.0 Å². The van der Waals surface area contributed by atoms with Crippen LogP contribution >= 0.6 is 11.6 Å². The smallest absolute Gasteiger partial charge is 0.282 e. The number of carbonyl (C=O) groups excluding carboxylic acids is 2. The minimum absolute atomic E-state index is 0.316. The van der Waals surface area contributed by atoms with E-state index in [1.807, 2.05) is 62.4 Å². The molecule has 3 aromatic carbocycles. The zero-order valence-corrected chi connectivity index (χ0v) is 19.1. The average molecular weight is 447 g/mol. The van der Waals surface area contributed by atoms with Gasteiger partial charge in [0.2, 0.25) is 0 Å². The van der Waals surface area contributed by atoms with E-state index in [0.717, 1.165) is 16.8 Å². The van der Waals surface area contributed by atoms with Gasteiger partial charge in [0.05, 0.1) is 23.4 Å². The number of hydrogen-bond acceptors (Lipinski definition) is 4. The highest BCUT2D eigenvalue weighted by Crippen LogP contribution is 2.38. The first kappa shape index (κ1) is 21.7. The Bertz CT molecular complexity index is 1250. The predicted octanol–water partition coefficient (Wildman–Crippen LogP) is 5.39. The quantitative estimate of drug-likeness (QED) is 0.493. The lowest BCUT2D eigenvalue weighted by atomic mass is 9.99. The lowest BCUT2D eigenvalue weighted by molar-refractivity contribution is -0.120. The average Bonchev–Trinajstić information content (AvgIpc) is 3.05. The summed E-state index contributed by atoms with van der Waals surface area (Å²) >= 11 is 6.29. The number of likely N-dealkylation sites (N-methyl/N-ethyl adjacent to an activating group) is 1. The Kier molecular flexibility index (Phi) is 5.76. The number of anilines is 2. The molecule has 3 aromatic rings. The number of benzene rings is 3. The van der Waals surface area contributed by atoms with Gasteiger partial charge in [-0.15, -0.1) is 0 Å². The highest BCUT2D eigenvalue weighted by molar-refractivity contribution is 6.46. The van der Waals surface area contributed by atoms with Crippen LogP contribution in [0.15, 0.2) is 72.4 Å². The summed E-state index contributed by atoms with van der Waals surface area (Å²) in [6, 6.07) is 20.1. The van der Waals surface area contributed by atoms with Crippen LogP contribution in [0.3, 0.4) is 0 Å². The summed E-state index contributed by atoms with van der Waals surface area (Å²) in [7, 11) is 3.31. The van der Waals surface area contributed by atoms with Crippen LogP contribution in [0.4, 0.5) is 11.4 Å². The molecule has 0 N–H and O–H groups in total. The zero-order chi connectivity index (χ0) is 23.0. The maximum absolute atomic E-state index is 13.7. The number of nitrogens with zero attached hydrogens (tertiary/aromatic N) is 2. The molecule has 0 bridgehead atoms. The van der Waals surface area contributed by atoms with Crippen LogP contribution in [0.1, 0.15) is 16.7 Å². The van der Waals surface area contributed by atoms with E-state index in [1.165, 1.54) is 12.0 Å². The molecule has 1 heterocycles. The van der Waals surface area contributed by atoms with Gasteiger partial charge < -0.3 is 9.64 Å². The van der Waals surface area contributed by atoms with Gasteiger partial charge in [0.25, 0.3) is 11.8 Å². The number of halogens is 1. The van der Waals surface area contributed by atoms with E-state index in [-0.39, 0.29) is 0 Å². The molecule has 0 atom stereocenters. The van der Waals surface area contributed by atoms with Crippen LogP contribution in [0.5, 0.6) is 5.75 Å². The van der Waals surface area contributed by atoms with Crippen molar-refractivity contribution in [2.75, 3.05) is 24.0 Å². The molecule has 0 fully saturated rings. The first-order valence-electron chi connectivity index (χ1n) is 10.2. The molecule has 0 aliphatic carbocycles. The summed E-state index contributed by atoms with van der Waals surface area (Å²) in [4.78, 5) is 30.3. The first-order chi connectivity index (χ1) is 15.3. The van der Waals surface area contributed by atoms with E-state index < -0.39 is 11.8 Å². The zero-order valence-electron chi connectivity index (χ0n) is 18.3. The number of rotatable bonds is 5. The number of carbonyl (C=O) groups is 2. The van der Waals surface area contributed by atoms with Crippen molar-refractivity contribution in [2.24, 2.45) is 0 Å². The van der Waals surface area contributed by atoms with Gasteiger partial charge in [0, 0.05) is 12.7 Å². The molecule has 4 rings (SSSR count). The second kappa shape index (κ2) is 8.52. The molecule has 0 saturated heterocycles. The number of imide groups is 1. The standard InChI is InChI=1S/C26H23ClN2O3/c1-16-10-11-18(14-17(16)2)23-24(28(3)19-8-6-5-7-9-19)26(31)29(25(23)30)20-12-13-22(32-4)21(27)15-20/h5-15H,1-4H3. The molecule has 32 heavy (non-hydrogen) atoms. The van der Waals surface area contributed by atoms with Gasteiger partial charge in [-0.25, -0.2) is 4.90 Å². The Labute approximate surface area is 192 Å². The number of para-hydroxylation sites is 1. The third-order valence-corrected chi connectivity index (χ3v) is 6.02. The largest absolute Gasteiger partial charge is 0.495 e. The monoisotopic (exact) mass is 446 g/mol. The fourth-order valence-electron chi connectivity index (χ4n) is 3.80. The lowest BCUT2D eigenvalue weighted by Gasteiger charge is -2.22. The fourth-order valence-corrected chi connectivity index (χ4v) is 4.05. The van der Waals surface area contributed by atoms with Crippen LogP contribution in [0, 0.1) is 13.8 Å². The van der Waals surface area contributed by atoms with Gasteiger partial charge in [-0.3, -0.25) is 9.59 Å². The number of aryl methyl sites for hydroxylation is 2. The Morgan fingerprint density at radius 2 is 1.59 bits per heavy atom. The van der Waals surface area contributed by atoms with E-state index in [4.69, 9.17) is 16.3 Å². The van der Waals surface area contributed by atoms with Gasteiger partial charge in [0.1, 0.15) is 11.4 Å². The number of hydrogen-bond donors (Lipinski definition) is 0. The topological polar surface area (TPSA) is 49.9 Å². The molecule has 2 amide bonds. The minimum Gasteiger partial charge on any atom is -0.495 e. The molecule has 0 unspecified atom stereocenters. The van der Waals surface area contributed by atoms with Gasteiger partial charge in [0.15, 0.2) is 0 Å². The molecule has 1 aliphatic heterocycles.